The summed E-state index contributed by atoms with van der Waals surface area (Å²) >= 11 is 0. The summed E-state index contributed by atoms with van der Waals surface area (Å²) in [6, 6.07) is 8.74. The molecule has 4 rings (SSSR count). The third-order valence-corrected chi connectivity index (χ3v) is 6.06. The number of aryl methyl sites for hydroxylation is 4. The minimum atomic E-state index is -4.47. The Morgan fingerprint density at radius 2 is 1.76 bits per heavy atom. The van der Waals surface area contributed by atoms with Crippen LogP contribution < -0.4 is 21.6 Å². The highest BCUT2D eigenvalue weighted by Crippen LogP contribution is 2.38. The molecule has 3 N–H and O–H groups in total. The molecule has 0 atom stereocenters. The number of halogens is 3. The van der Waals surface area contributed by atoms with E-state index < -0.39 is 12.7 Å². The second kappa shape index (κ2) is 10.1. The van der Waals surface area contributed by atoms with Crippen LogP contribution in [0.3, 0.4) is 0 Å². The number of H-pyrrole nitrogens is 1. The highest BCUT2D eigenvalue weighted by Gasteiger charge is 2.26. The summed E-state index contributed by atoms with van der Waals surface area (Å²) in [5.74, 6) is 1.02. The highest BCUT2D eigenvalue weighted by atomic mass is 19.4. The zero-order valence-electron chi connectivity index (χ0n) is 21.2. The number of ether oxygens (including phenoxy) is 1. The monoisotopic (exact) mass is 525 g/mol. The zero-order chi connectivity index (χ0) is 27.8. The first kappa shape index (κ1) is 26.5. The number of aromatic nitrogens is 3. The Balaban J connectivity index is 1.92. The van der Waals surface area contributed by atoms with Gasteiger partial charge in [0.1, 0.15) is 17.8 Å². The normalized spacial score (nSPS) is 12.6. The molecule has 4 aromatic rings. The first-order chi connectivity index (χ1) is 17.9. The smallest absolute Gasteiger partial charge is 0.407 e. The summed E-state index contributed by atoms with van der Waals surface area (Å²) in [6.07, 6.45) is 0.783. The molecule has 0 bridgehead atoms. The van der Waals surface area contributed by atoms with Crippen LogP contribution in [-0.4, -0.2) is 33.1 Å². The lowest BCUT2D eigenvalue weighted by atomic mass is 10.0. The van der Waals surface area contributed by atoms with Gasteiger partial charge in [0.25, 0.3) is 11.1 Å². The average Bonchev–Trinajstić information content (AvgIpc) is 3.28. The number of allylic oxidation sites excluding steroid dienone is 1. The van der Waals surface area contributed by atoms with E-state index >= 15 is 0 Å². The Labute approximate surface area is 215 Å². The van der Waals surface area contributed by atoms with Gasteiger partial charge in [-0.05, 0) is 31.0 Å². The van der Waals surface area contributed by atoms with Crippen molar-refractivity contribution in [2.75, 3.05) is 6.54 Å². The van der Waals surface area contributed by atoms with Crippen molar-refractivity contribution in [3.05, 3.63) is 86.5 Å². The second-order valence-electron chi connectivity index (χ2n) is 8.96. The van der Waals surface area contributed by atoms with Crippen molar-refractivity contribution < 1.29 is 17.9 Å². The van der Waals surface area contributed by atoms with E-state index in [9.17, 15) is 22.8 Å². The molecule has 0 fully saturated rings. The number of pyridine rings is 2. The highest BCUT2D eigenvalue weighted by molar-refractivity contribution is 6.11. The molecule has 11 heteroatoms. The lowest BCUT2D eigenvalue weighted by Crippen LogP contribution is -2.18. The fraction of sp³-hybridized carbons (Fsp3) is 0.222. The van der Waals surface area contributed by atoms with Crippen molar-refractivity contribution in [1.82, 2.24) is 14.1 Å². The molecule has 0 saturated heterocycles. The summed E-state index contributed by atoms with van der Waals surface area (Å²) in [4.78, 5) is 32.0. The third kappa shape index (κ3) is 5.26. The van der Waals surface area contributed by atoms with Gasteiger partial charge in [-0.15, -0.1) is 0 Å². The number of nitrogens with zero attached hydrogens (tertiary/aromatic N) is 3. The number of alkyl halides is 3. The Morgan fingerprint density at radius 3 is 2.39 bits per heavy atom. The van der Waals surface area contributed by atoms with Gasteiger partial charge in [0.15, 0.2) is 5.75 Å². The molecule has 1 aromatic carbocycles. The summed E-state index contributed by atoms with van der Waals surface area (Å²) in [7, 11) is 3.16. The molecule has 198 valence electrons. The summed E-state index contributed by atoms with van der Waals surface area (Å²) in [5.41, 5.74) is 8.37. The van der Waals surface area contributed by atoms with Crippen LogP contribution in [0.5, 0.6) is 11.5 Å². The largest absolute Gasteiger partial charge is 0.455 e. The number of aliphatic imine (C=N–C) groups is 1. The van der Waals surface area contributed by atoms with Crippen molar-refractivity contribution in [3.63, 3.8) is 0 Å². The number of nitrogens with one attached hydrogen (secondary N) is 1. The first-order valence-electron chi connectivity index (χ1n) is 11.6. The lowest BCUT2D eigenvalue weighted by molar-refractivity contribution is -0.118. The van der Waals surface area contributed by atoms with Crippen LogP contribution in [0.1, 0.15) is 16.8 Å². The van der Waals surface area contributed by atoms with Crippen LogP contribution in [-0.2, 0) is 14.1 Å². The van der Waals surface area contributed by atoms with Gasteiger partial charge >= 0.3 is 6.18 Å². The summed E-state index contributed by atoms with van der Waals surface area (Å²) in [6.45, 7) is 2.45. The van der Waals surface area contributed by atoms with E-state index in [2.05, 4.69) is 9.98 Å². The number of benzene rings is 1. The Morgan fingerprint density at radius 1 is 1.08 bits per heavy atom. The molecule has 0 aliphatic carbocycles. The van der Waals surface area contributed by atoms with Crippen molar-refractivity contribution in [1.29, 1.82) is 0 Å². The average molecular weight is 526 g/mol. The number of fused-ring (bicyclic) bond motifs is 1. The van der Waals surface area contributed by atoms with E-state index in [0.717, 1.165) is 23.5 Å². The van der Waals surface area contributed by atoms with E-state index in [0.29, 0.717) is 33.7 Å². The van der Waals surface area contributed by atoms with Crippen LogP contribution in [0.15, 0.2) is 63.5 Å². The molecule has 0 spiro atoms. The molecular weight excluding hydrogens is 499 g/mol. The minimum Gasteiger partial charge on any atom is -0.455 e. The molecule has 0 amide bonds. The van der Waals surface area contributed by atoms with Gasteiger partial charge in [0.2, 0.25) is 0 Å². The molecule has 38 heavy (non-hydrogen) atoms. The van der Waals surface area contributed by atoms with Gasteiger partial charge in [0.05, 0.1) is 6.20 Å². The SMILES string of the molecule is Cc1cccc(C)c1Oc1cn(C)c(=O)cc1-c1cn(C)c(=O)c2[nH]c(/C(C=NCC(F)(F)F)=C/N)cc12. The van der Waals surface area contributed by atoms with Gasteiger partial charge < -0.3 is 24.6 Å². The predicted molar refractivity (Wildman–Crippen MR) is 142 cm³/mol. The maximum absolute atomic E-state index is 13.0. The quantitative estimate of drug-likeness (QED) is 0.360. The second-order valence-corrected chi connectivity index (χ2v) is 8.96. The van der Waals surface area contributed by atoms with Gasteiger partial charge in [-0.3, -0.25) is 14.6 Å². The fourth-order valence-electron chi connectivity index (χ4n) is 4.12. The van der Waals surface area contributed by atoms with Crippen LogP contribution in [0, 0.1) is 13.8 Å². The zero-order valence-corrected chi connectivity index (χ0v) is 21.2. The minimum absolute atomic E-state index is 0.162. The molecule has 0 saturated carbocycles. The van der Waals surface area contributed by atoms with E-state index in [1.807, 2.05) is 32.0 Å². The van der Waals surface area contributed by atoms with Crippen LogP contribution >= 0.6 is 0 Å². The van der Waals surface area contributed by atoms with Crippen molar-refractivity contribution >= 4 is 22.7 Å². The van der Waals surface area contributed by atoms with Crippen molar-refractivity contribution in [3.8, 4) is 22.6 Å². The van der Waals surface area contributed by atoms with Gasteiger partial charge in [0, 0.05) is 66.6 Å². The summed E-state index contributed by atoms with van der Waals surface area (Å²) < 4.78 is 46.8. The Kier molecular flexibility index (Phi) is 7.03. The molecule has 3 heterocycles. The van der Waals surface area contributed by atoms with Crippen LogP contribution in [0.25, 0.3) is 27.6 Å². The maximum Gasteiger partial charge on any atom is 0.407 e. The fourth-order valence-corrected chi connectivity index (χ4v) is 4.12. The van der Waals surface area contributed by atoms with Crippen LogP contribution in [0.4, 0.5) is 13.2 Å². The van der Waals surface area contributed by atoms with E-state index in [1.165, 1.54) is 15.2 Å². The van der Waals surface area contributed by atoms with Crippen LogP contribution in [0.2, 0.25) is 0 Å². The predicted octanol–water partition coefficient (Wildman–Crippen LogP) is 4.57. The van der Waals surface area contributed by atoms with E-state index in [-0.39, 0.29) is 22.2 Å². The molecule has 0 aliphatic rings. The molecule has 8 nitrogen and oxygen atoms in total. The summed E-state index contributed by atoms with van der Waals surface area (Å²) in [5, 5.41) is 0.436. The Bertz CT molecular complexity index is 1690. The van der Waals surface area contributed by atoms with E-state index in [4.69, 9.17) is 10.5 Å². The molecule has 0 radical (unpaired) electrons. The number of hydrogen-bond acceptors (Lipinski definition) is 5. The van der Waals surface area contributed by atoms with Crippen molar-refractivity contribution in [2.45, 2.75) is 20.0 Å². The standard InChI is InChI=1S/C27H26F3N5O3/c1-15-6-5-7-16(2)25(15)38-22-13-34(3)23(36)9-18(22)20-12-35(4)26(37)24-19(20)8-21(33-24)17(10-31)11-32-14-27(28,29)30/h5-13,33H,14,31H2,1-4H3/b17-10+,32-11?. The maximum atomic E-state index is 13.0. The first-order valence-corrected chi connectivity index (χ1v) is 11.6. The molecular formula is C27H26F3N5O3. The molecule has 0 unspecified atom stereocenters. The molecule has 0 aliphatic heterocycles. The van der Waals surface area contributed by atoms with Gasteiger partial charge in [-0.25, -0.2) is 0 Å². The lowest BCUT2D eigenvalue weighted by Gasteiger charge is -2.17. The number of rotatable bonds is 6. The number of para-hydroxylation sites is 1. The third-order valence-electron chi connectivity index (χ3n) is 6.06. The topological polar surface area (TPSA) is 107 Å². The van der Waals surface area contributed by atoms with Crippen molar-refractivity contribution in [2.24, 2.45) is 24.8 Å². The van der Waals surface area contributed by atoms with Gasteiger partial charge in [-0.2, -0.15) is 13.2 Å². The number of aromatic amines is 1. The number of hydrogen-bond donors (Lipinski definition) is 2. The molecule has 3 aromatic heterocycles. The van der Waals surface area contributed by atoms with Gasteiger partial charge in [-0.1, -0.05) is 18.2 Å². The number of nitrogens with two attached hydrogens (primary N) is 1. The van der Waals surface area contributed by atoms with E-state index in [1.54, 1.807) is 32.6 Å². The Hall–Kier alpha value is -4.54.